The summed E-state index contributed by atoms with van der Waals surface area (Å²) >= 11 is 8.98. The zero-order valence-electron chi connectivity index (χ0n) is 17.1. The van der Waals surface area contributed by atoms with Crippen molar-refractivity contribution in [2.45, 2.75) is 20.0 Å². The summed E-state index contributed by atoms with van der Waals surface area (Å²) < 4.78 is 7.57. The van der Waals surface area contributed by atoms with Crippen LogP contribution in [0.4, 0.5) is 0 Å². The first kappa shape index (κ1) is 20.9. The van der Waals surface area contributed by atoms with Crippen LogP contribution in [0.3, 0.4) is 0 Å². The van der Waals surface area contributed by atoms with E-state index in [1.54, 1.807) is 10.6 Å². The quantitative estimate of drug-likeness (QED) is 0.299. The summed E-state index contributed by atoms with van der Waals surface area (Å²) in [5.41, 5.74) is 2.38. The molecule has 0 spiro atoms. The standard InChI is InChI=1S/C24H18ClN3O2S2/c1-15-13-28-23(29)21(30-14-17-5-3-2-4-6-17)20(27-24(28)31-15)22-26-12-19(32-22)11-16-7-9-18(25)10-8-16/h2-10,12-13H,11,14H2,1H3. The number of benzene rings is 2. The molecule has 0 N–H and O–H groups in total. The van der Waals surface area contributed by atoms with E-state index in [2.05, 4.69) is 4.98 Å². The maximum absolute atomic E-state index is 13.3. The fourth-order valence-electron chi connectivity index (χ4n) is 3.34. The number of aromatic nitrogens is 3. The molecule has 0 saturated carbocycles. The van der Waals surface area contributed by atoms with E-state index in [9.17, 15) is 4.79 Å². The van der Waals surface area contributed by atoms with E-state index >= 15 is 0 Å². The molecule has 2 aromatic carbocycles. The average Bonchev–Trinajstić information content (AvgIpc) is 3.41. The normalized spacial score (nSPS) is 11.2. The lowest BCUT2D eigenvalue weighted by Crippen LogP contribution is -2.17. The first-order valence-corrected chi connectivity index (χ1v) is 12.0. The van der Waals surface area contributed by atoms with Gasteiger partial charge in [-0.15, -0.1) is 22.7 Å². The van der Waals surface area contributed by atoms with Crippen LogP contribution in [0, 0.1) is 6.92 Å². The molecule has 0 bridgehead atoms. The van der Waals surface area contributed by atoms with E-state index in [1.165, 1.54) is 22.7 Å². The average molecular weight is 480 g/mol. The Bertz CT molecular complexity index is 1440. The van der Waals surface area contributed by atoms with Gasteiger partial charge in [-0.2, -0.15) is 0 Å². The summed E-state index contributed by atoms with van der Waals surface area (Å²) in [7, 11) is 0. The molecular weight excluding hydrogens is 462 g/mol. The number of thiazole rings is 2. The van der Waals surface area contributed by atoms with Crippen molar-refractivity contribution < 1.29 is 4.74 Å². The van der Waals surface area contributed by atoms with Gasteiger partial charge in [0.15, 0.2) is 4.96 Å². The second-order valence-corrected chi connectivity index (χ2v) is 10.1. The van der Waals surface area contributed by atoms with E-state index in [1.807, 2.05) is 67.7 Å². The number of ether oxygens (including phenoxy) is 1. The van der Waals surface area contributed by atoms with Crippen molar-refractivity contribution in [2.75, 3.05) is 0 Å². The summed E-state index contributed by atoms with van der Waals surface area (Å²) in [6.07, 6.45) is 4.36. The number of rotatable bonds is 6. The van der Waals surface area contributed by atoms with Crippen molar-refractivity contribution in [3.05, 3.63) is 103 Å². The van der Waals surface area contributed by atoms with Crippen LogP contribution >= 0.6 is 34.3 Å². The highest BCUT2D eigenvalue weighted by atomic mass is 35.5. The predicted octanol–water partition coefficient (Wildman–Crippen LogP) is 6.01. The Morgan fingerprint density at radius 1 is 1.03 bits per heavy atom. The number of hydrogen-bond acceptors (Lipinski definition) is 6. The van der Waals surface area contributed by atoms with Crippen LogP contribution in [0.25, 0.3) is 15.7 Å². The summed E-state index contributed by atoms with van der Waals surface area (Å²) in [5, 5.41) is 1.38. The summed E-state index contributed by atoms with van der Waals surface area (Å²) in [6, 6.07) is 17.5. The lowest BCUT2D eigenvalue weighted by molar-refractivity contribution is 0.301. The number of halogens is 1. The SMILES string of the molecule is Cc1cn2c(=O)c(OCc3ccccc3)c(-c3ncc(Cc4ccc(Cl)cc4)s3)nc2s1. The van der Waals surface area contributed by atoms with E-state index in [4.69, 9.17) is 21.3 Å². The third kappa shape index (κ3) is 4.32. The van der Waals surface area contributed by atoms with E-state index < -0.39 is 0 Å². The molecule has 0 amide bonds. The highest BCUT2D eigenvalue weighted by molar-refractivity contribution is 7.17. The molecule has 0 saturated heterocycles. The molecule has 3 aromatic heterocycles. The molecule has 32 heavy (non-hydrogen) atoms. The number of fused-ring (bicyclic) bond motifs is 1. The highest BCUT2D eigenvalue weighted by Crippen LogP contribution is 2.32. The maximum atomic E-state index is 13.3. The zero-order chi connectivity index (χ0) is 22.1. The molecule has 160 valence electrons. The molecule has 5 rings (SSSR count). The molecule has 8 heteroatoms. The Kier molecular flexibility index (Phi) is 5.78. The van der Waals surface area contributed by atoms with Crippen LogP contribution in [-0.4, -0.2) is 14.4 Å². The fraction of sp³-hybridized carbons (Fsp3) is 0.125. The first-order chi connectivity index (χ1) is 15.6. The third-order valence-corrected chi connectivity index (χ3v) is 7.03. The Labute approximate surface area is 197 Å². The zero-order valence-corrected chi connectivity index (χ0v) is 19.5. The molecule has 5 nitrogen and oxygen atoms in total. The molecule has 0 fully saturated rings. The Morgan fingerprint density at radius 3 is 2.59 bits per heavy atom. The van der Waals surface area contributed by atoms with Crippen LogP contribution in [0.1, 0.15) is 20.9 Å². The molecule has 0 aliphatic rings. The van der Waals surface area contributed by atoms with Gasteiger partial charge in [-0.25, -0.2) is 9.97 Å². The third-order valence-electron chi connectivity index (χ3n) is 4.88. The molecule has 0 radical (unpaired) electrons. The van der Waals surface area contributed by atoms with Gasteiger partial charge in [-0.3, -0.25) is 9.20 Å². The number of aryl methyl sites for hydroxylation is 1. The largest absolute Gasteiger partial charge is 0.481 e. The van der Waals surface area contributed by atoms with Gasteiger partial charge in [0.2, 0.25) is 5.75 Å². The van der Waals surface area contributed by atoms with E-state index in [0.29, 0.717) is 20.7 Å². The van der Waals surface area contributed by atoms with Crippen molar-refractivity contribution in [3.63, 3.8) is 0 Å². The minimum absolute atomic E-state index is 0.219. The fourth-order valence-corrected chi connectivity index (χ4v) is 5.22. The second-order valence-electron chi connectivity index (χ2n) is 7.30. The van der Waals surface area contributed by atoms with Crippen LogP contribution in [0.5, 0.6) is 5.75 Å². The molecule has 0 unspecified atom stereocenters. The van der Waals surface area contributed by atoms with Crippen LogP contribution in [0.2, 0.25) is 5.02 Å². The summed E-state index contributed by atoms with van der Waals surface area (Å²) in [4.78, 5) is 25.3. The van der Waals surface area contributed by atoms with Gasteiger partial charge in [0.25, 0.3) is 0 Å². The van der Waals surface area contributed by atoms with Crippen LogP contribution < -0.4 is 10.3 Å². The van der Waals surface area contributed by atoms with Gasteiger partial charge >= 0.3 is 5.56 Å². The van der Waals surface area contributed by atoms with Crippen molar-refractivity contribution in [3.8, 4) is 16.5 Å². The predicted molar refractivity (Wildman–Crippen MR) is 130 cm³/mol. The molecule has 0 aliphatic heterocycles. The summed E-state index contributed by atoms with van der Waals surface area (Å²) in [5.74, 6) is 0.219. The van der Waals surface area contributed by atoms with Crippen LogP contribution in [-0.2, 0) is 13.0 Å². The molecule has 0 atom stereocenters. The monoisotopic (exact) mass is 479 g/mol. The Morgan fingerprint density at radius 2 is 1.81 bits per heavy atom. The van der Waals surface area contributed by atoms with Crippen molar-refractivity contribution in [1.82, 2.24) is 14.4 Å². The van der Waals surface area contributed by atoms with E-state index in [0.717, 1.165) is 27.3 Å². The molecule has 3 heterocycles. The topological polar surface area (TPSA) is 56.5 Å². The van der Waals surface area contributed by atoms with Crippen molar-refractivity contribution in [1.29, 1.82) is 0 Å². The van der Waals surface area contributed by atoms with Gasteiger partial charge in [-0.05, 0) is 30.2 Å². The van der Waals surface area contributed by atoms with Gasteiger partial charge in [0, 0.05) is 33.6 Å². The Balaban J connectivity index is 1.52. The van der Waals surface area contributed by atoms with E-state index in [-0.39, 0.29) is 17.9 Å². The van der Waals surface area contributed by atoms with Gasteiger partial charge in [0.1, 0.15) is 17.3 Å². The van der Waals surface area contributed by atoms with Gasteiger partial charge in [0.05, 0.1) is 0 Å². The highest BCUT2D eigenvalue weighted by Gasteiger charge is 2.20. The Hall–Kier alpha value is -3.00. The van der Waals surface area contributed by atoms with Crippen molar-refractivity contribution >= 4 is 39.2 Å². The molecule has 5 aromatic rings. The number of hydrogen-bond donors (Lipinski definition) is 0. The molecular formula is C24H18ClN3O2S2. The van der Waals surface area contributed by atoms with Gasteiger partial charge in [-0.1, -0.05) is 54.1 Å². The maximum Gasteiger partial charge on any atom is 0.301 e. The van der Waals surface area contributed by atoms with Gasteiger partial charge < -0.3 is 4.74 Å². The van der Waals surface area contributed by atoms with Crippen LogP contribution in [0.15, 0.2) is 71.8 Å². The summed E-state index contributed by atoms with van der Waals surface area (Å²) in [6.45, 7) is 2.24. The molecule has 0 aliphatic carbocycles. The minimum atomic E-state index is -0.222. The smallest absolute Gasteiger partial charge is 0.301 e. The lowest BCUT2D eigenvalue weighted by atomic mass is 10.1. The minimum Gasteiger partial charge on any atom is -0.481 e. The lowest BCUT2D eigenvalue weighted by Gasteiger charge is -2.09. The van der Waals surface area contributed by atoms with Crippen molar-refractivity contribution in [2.24, 2.45) is 0 Å². The first-order valence-electron chi connectivity index (χ1n) is 9.96. The number of nitrogens with zero attached hydrogens (tertiary/aromatic N) is 3. The second kappa shape index (κ2) is 8.86.